The molecule has 218 valence electrons. The molecule has 2 aromatic heterocycles. The molecule has 6 rings (SSSR count). The van der Waals surface area contributed by atoms with Crippen LogP contribution in [-0.4, -0.2) is 36.1 Å². The highest BCUT2D eigenvalue weighted by atomic mass is 19.4. The van der Waals surface area contributed by atoms with Crippen LogP contribution >= 0.6 is 0 Å². The summed E-state index contributed by atoms with van der Waals surface area (Å²) < 4.78 is 74.2. The van der Waals surface area contributed by atoms with Crippen molar-refractivity contribution in [1.29, 1.82) is 0 Å². The molecule has 3 unspecified atom stereocenters. The monoisotopic (exact) mass is 583 g/mol. The van der Waals surface area contributed by atoms with Crippen molar-refractivity contribution < 1.29 is 36.0 Å². The summed E-state index contributed by atoms with van der Waals surface area (Å²) in [5, 5.41) is 5.63. The third kappa shape index (κ3) is 5.23. The molecule has 0 bridgehead atoms. The summed E-state index contributed by atoms with van der Waals surface area (Å²) >= 11 is 0. The molecule has 3 atom stereocenters. The van der Waals surface area contributed by atoms with E-state index in [9.17, 15) is 31.5 Å². The first-order valence-electron chi connectivity index (χ1n) is 13.6. The van der Waals surface area contributed by atoms with E-state index in [0.717, 1.165) is 31.4 Å². The van der Waals surface area contributed by atoms with Gasteiger partial charge in [-0.2, -0.15) is 13.2 Å². The number of pyridine rings is 1. The molecule has 42 heavy (non-hydrogen) atoms. The summed E-state index contributed by atoms with van der Waals surface area (Å²) in [6.07, 6.45) is -3.21. The number of nitrogens with one attached hydrogen (secondary N) is 2. The number of carbonyl (C=O) groups is 2. The summed E-state index contributed by atoms with van der Waals surface area (Å²) in [7, 11) is 1.40. The minimum absolute atomic E-state index is 0.0225. The number of aromatic nitrogens is 1. The van der Waals surface area contributed by atoms with Crippen molar-refractivity contribution in [1.82, 2.24) is 15.6 Å². The van der Waals surface area contributed by atoms with Crippen LogP contribution in [0.3, 0.4) is 0 Å². The van der Waals surface area contributed by atoms with Crippen molar-refractivity contribution in [2.45, 2.75) is 44.3 Å². The Kier molecular flexibility index (Phi) is 6.98. The van der Waals surface area contributed by atoms with Crippen LogP contribution < -0.4 is 10.6 Å². The minimum atomic E-state index is -4.50. The number of amides is 2. The number of aryl methyl sites for hydroxylation is 1. The SMILES string of the molecule is CNC(=O)c1c(-c2ccc(F)cc2)oc2nc(CCC(F)(F)F)c(-c3cc(F)cc(C(=O)NC4CC5CCC54)c3)cc12. The van der Waals surface area contributed by atoms with Gasteiger partial charge in [0.25, 0.3) is 11.8 Å². The first-order chi connectivity index (χ1) is 20.0. The molecule has 0 spiro atoms. The molecule has 4 aromatic rings. The molecule has 0 saturated heterocycles. The van der Waals surface area contributed by atoms with Crippen LogP contribution in [0.5, 0.6) is 0 Å². The first kappa shape index (κ1) is 27.9. The number of benzene rings is 2. The van der Waals surface area contributed by atoms with Crippen LogP contribution in [0.25, 0.3) is 33.6 Å². The van der Waals surface area contributed by atoms with Gasteiger partial charge in [-0.25, -0.2) is 13.8 Å². The molecular formula is C31H26F5N3O3. The Morgan fingerprint density at radius 1 is 0.976 bits per heavy atom. The third-order valence-corrected chi connectivity index (χ3v) is 8.30. The van der Waals surface area contributed by atoms with Gasteiger partial charge < -0.3 is 15.1 Å². The van der Waals surface area contributed by atoms with E-state index in [0.29, 0.717) is 17.4 Å². The van der Waals surface area contributed by atoms with Gasteiger partial charge in [-0.1, -0.05) is 0 Å². The zero-order valence-electron chi connectivity index (χ0n) is 22.4. The molecule has 2 heterocycles. The zero-order chi connectivity index (χ0) is 29.8. The maximum Gasteiger partial charge on any atom is 0.389 e. The predicted molar refractivity (Wildman–Crippen MR) is 145 cm³/mol. The highest BCUT2D eigenvalue weighted by molar-refractivity contribution is 6.11. The van der Waals surface area contributed by atoms with Crippen molar-refractivity contribution in [3.05, 3.63) is 77.0 Å². The standard InChI is InChI=1S/C31H26F5N3O3/c1-37-29(41)26-23-14-22(17-10-18(12-20(33)11-17)28(40)38-25-13-16-4-7-21(16)25)24(8-9-31(34,35)36)39-30(23)42-27(26)15-2-5-19(32)6-3-15/h2-3,5-6,10-12,14,16,21,25H,4,7-9,13H2,1H3,(H,37,41)(H,38,40). The molecule has 2 aliphatic rings. The van der Waals surface area contributed by atoms with Crippen LogP contribution in [0.4, 0.5) is 22.0 Å². The maximum absolute atomic E-state index is 14.9. The maximum atomic E-state index is 14.9. The largest absolute Gasteiger partial charge is 0.437 e. The van der Waals surface area contributed by atoms with E-state index in [1.54, 1.807) is 0 Å². The quantitative estimate of drug-likeness (QED) is 0.234. The van der Waals surface area contributed by atoms with Gasteiger partial charge >= 0.3 is 6.18 Å². The van der Waals surface area contributed by atoms with Gasteiger partial charge in [0.15, 0.2) is 0 Å². The van der Waals surface area contributed by atoms with E-state index >= 15 is 0 Å². The van der Waals surface area contributed by atoms with Gasteiger partial charge in [-0.3, -0.25) is 9.59 Å². The number of fused-ring (bicyclic) bond motifs is 2. The highest BCUT2D eigenvalue weighted by Gasteiger charge is 2.47. The van der Waals surface area contributed by atoms with E-state index < -0.39 is 42.5 Å². The molecule has 2 amide bonds. The lowest BCUT2D eigenvalue weighted by Gasteiger charge is -2.53. The van der Waals surface area contributed by atoms with Gasteiger partial charge in [0.1, 0.15) is 17.4 Å². The number of hydrogen-bond donors (Lipinski definition) is 2. The van der Waals surface area contributed by atoms with Crippen molar-refractivity contribution in [2.24, 2.45) is 11.8 Å². The normalized spacial score (nSPS) is 19.5. The lowest BCUT2D eigenvalue weighted by atomic mass is 9.56. The predicted octanol–water partition coefficient (Wildman–Crippen LogP) is 6.82. The highest BCUT2D eigenvalue weighted by Crippen LogP contribution is 2.50. The van der Waals surface area contributed by atoms with E-state index in [1.807, 2.05) is 0 Å². The van der Waals surface area contributed by atoms with Crippen molar-refractivity contribution in [3.63, 3.8) is 0 Å². The van der Waals surface area contributed by atoms with Crippen LogP contribution in [0.2, 0.25) is 0 Å². The number of halogens is 5. The van der Waals surface area contributed by atoms with Gasteiger partial charge in [0.2, 0.25) is 5.71 Å². The summed E-state index contributed by atoms with van der Waals surface area (Å²) in [4.78, 5) is 30.4. The number of furan rings is 1. The average Bonchev–Trinajstić information content (AvgIpc) is 3.31. The molecule has 2 aromatic carbocycles. The van der Waals surface area contributed by atoms with E-state index in [1.165, 1.54) is 43.4 Å². The van der Waals surface area contributed by atoms with Crippen molar-refractivity contribution >= 4 is 22.9 Å². The van der Waals surface area contributed by atoms with Gasteiger partial charge in [0.05, 0.1) is 16.6 Å². The van der Waals surface area contributed by atoms with Crippen LogP contribution in [0.1, 0.15) is 52.1 Å². The first-order valence-corrected chi connectivity index (χ1v) is 13.6. The Hall–Kier alpha value is -4.28. The van der Waals surface area contributed by atoms with Crippen molar-refractivity contribution in [2.75, 3.05) is 7.05 Å². The molecule has 2 saturated carbocycles. The van der Waals surface area contributed by atoms with Crippen LogP contribution in [-0.2, 0) is 6.42 Å². The van der Waals surface area contributed by atoms with Crippen molar-refractivity contribution in [3.8, 4) is 22.5 Å². The Bertz CT molecular complexity index is 1700. The molecule has 2 aliphatic carbocycles. The topological polar surface area (TPSA) is 84.2 Å². The summed E-state index contributed by atoms with van der Waals surface area (Å²) in [6, 6.07) is 10.2. The number of carbonyl (C=O) groups excluding carboxylic acids is 2. The fourth-order valence-corrected chi connectivity index (χ4v) is 5.93. The number of hydrogen-bond acceptors (Lipinski definition) is 4. The number of alkyl halides is 3. The molecule has 2 fully saturated rings. The summed E-state index contributed by atoms with van der Waals surface area (Å²) in [5.74, 6) is -1.20. The fourth-order valence-electron chi connectivity index (χ4n) is 5.93. The van der Waals surface area contributed by atoms with Gasteiger partial charge in [0, 0.05) is 36.2 Å². The summed E-state index contributed by atoms with van der Waals surface area (Å²) in [5.41, 5.74) is 0.513. The molecule has 2 N–H and O–H groups in total. The van der Waals surface area contributed by atoms with Crippen LogP contribution in [0.15, 0.2) is 52.9 Å². The third-order valence-electron chi connectivity index (χ3n) is 8.30. The Balaban J connectivity index is 1.47. The fraction of sp³-hybridized carbons (Fsp3) is 0.323. The average molecular weight is 584 g/mol. The molecule has 11 heteroatoms. The minimum Gasteiger partial charge on any atom is -0.437 e. The smallest absolute Gasteiger partial charge is 0.389 e. The van der Waals surface area contributed by atoms with E-state index in [2.05, 4.69) is 15.6 Å². The Labute approximate surface area is 237 Å². The Morgan fingerprint density at radius 3 is 2.36 bits per heavy atom. The Morgan fingerprint density at radius 2 is 1.74 bits per heavy atom. The molecular weight excluding hydrogens is 557 g/mol. The molecule has 0 aliphatic heterocycles. The molecule has 0 radical (unpaired) electrons. The van der Waals surface area contributed by atoms with Gasteiger partial charge in [-0.15, -0.1) is 0 Å². The lowest BCUT2D eigenvalue weighted by Crippen LogP contribution is -2.57. The second-order valence-electron chi connectivity index (χ2n) is 10.9. The molecule has 6 nitrogen and oxygen atoms in total. The van der Waals surface area contributed by atoms with E-state index in [-0.39, 0.29) is 50.8 Å². The summed E-state index contributed by atoms with van der Waals surface area (Å²) in [6.45, 7) is 0. The number of nitrogens with zero attached hydrogens (tertiary/aromatic N) is 1. The zero-order valence-corrected chi connectivity index (χ0v) is 22.4. The van der Waals surface area contributed by atoms with Gasteiger partial charge in [-0.05, 0) is 91.6 Å². The lowest BCUT2D eigenvalue weighted by molar-refractivity contribution is -0.134. The van der Waals surface area contributed by atoms with E-state index in [4.69, 9.17) is 4.42 Å². The second-order valence-corrected chi connectivity index (χ2v) is 10.9. The van der Waals surface area contributed by atoms with Crippen LogP contribution in [0, 0.1) is 23.5 Å². The number of rotatable bonds is 7. The second kappa shape index (κ2) is 10.5.